The highest BCUT2D eigenvalue weighted by Crippen LogP contribution is 2.49. The Bertz CT molecular complexity index is 1140. The van der Waals surface area contributed by atoms with Crippen molar-refractivity contribution in [2.45, 2.75) is 18.9 Å². The molecule has 1 atom stereocenters. The molecule has 1 heterocycles. The molecule has 0 unspecified atom stereocenters. The van der Waals surface area contributed by atoms with Gasteiger partial charge in [0.2, 0.25) is 0 Å². The molecule has 5 heteroatoms. The summed E-state index contributed by atoms with van der Waals surface area (Å²) in [7, 11) is 2.16. The topological polar surface area (TPSA) is 81.0 Å². The zero-order valence-electron chi connectivity index (χ0n) is 17.3. The van der Waals surface area contributed by atoms with Crippen LogP contribution in [0.5, 0.6) is 11.5 Å². The molecule has 1 aliphatic heterocycles. The number of hydrogen-bond donors (Lipinski definition) is 3. The van der Waals surface area contributed by atoms with Crippen LogP contribution in [-0.2, 0) is 17.6 Å². The Morgan fingerprint density at radius 3 is 2.52 bits per heavy atom. The first-order valence-corrected chi connectivity index (χ1v) is 10.3. The third-order valence-electron chi connectivity index (χ3n) is 5.94. The fourth-order valence-corrected chi connectivity index (χ4v) is 4.41. The molecule has 3 aromatic rings. The maximum atomic E-state index is 10.3. The molecule has 0 spiro atoms. The molecular formula is C26H25NO4. The Kier molecular flexibility index (Phi) is 5.78. The minimum atomic E-state index is -0.922. The van der Waals surface area contributed by atoms with Gasteiger partial charge in [0.05, 0.1) is 0 Å². The molecule has 0 aromatic heterocycles. The second-order valence-corrected chi connectivity index (χ2v) is 7.88. The van der Waals surface area contributed by atoms with Crippen molar-refractivity contribution >= 4 is 12.0 Å². The van der Waals surface area contributed by atoms with Crippen LogP contribution in [0.1, 0.15) is 28.3 Å². The quantitative estimate of drug-likeness (QED) is 0.420. The maximum absolute atomic E-state index is 10.3. The van der Waals surface area contributed by atoms with Crippen molar-refractivity contribution in [2.24, 2.45) is 0 Å². The molecule has 3 N–H and O–H groups in total. The van der Waals surface area contributed by atoms with E-state index >= 15 is 0 Å². The fourth-order valence-electron chi connectivity index (χ4n) is 4.41. The lowest BCUT2D eigenvalue weighted by molar-refractivity contribution is -0.131. The number of aromatic hydroxyl groups is 2. The molecule has 31 heavy (non-hydrogen) atoms. The van der Waals surface area contributed by atoms with Crippen molar-refractivity contribution in [3.8, 4) is 22.6 Å². The summed E-state index contributed by atoms with van der Waals surface area (Å²) < 4.78 is 0. The van der Waals surface area contributed by atoms with E-state index < -0.39 is 5.97 Å². The fraction of sp³-hybridized carbons (Fsp3) is 0.192. The highest BCUT2D eigenvalue weighted by atomic mass is 16.4. The standard InChI is InChI=1S/C17H17NO2.C9H8O2/c1-18-8-7-10-3-2-4-12-15(10)13(18)9-11-5-6-14(19)17(20)16(11)12;10-9(11)7-6-8-4-2-1-3-5-8/h2-6,13,19-20H,7-9H2,1H3;1-7H,(H,10,11)/b;7-6+/t13-;/m1./s1. The number of hydrogen-bond acceptors (Lipinski definition) is 4. The van der Waals surface area contributed by atoms with Crippen molar-refractivity contribution in [3.63, 3.8) is 0 Å². The van der Waals surface area contributed by atoms with Gasteiger partial charge in [0.1, 0.15) is 0 Å². The third-order valence-corrected chi connectivity index (χ3v) is 5.94. The maximum Gasteiger partial charge on any atom is 0.328 e. The molecule has 0 amide bonds. The lowest BCUT2D eigenvalue weighted by Gasteiger charge is -2.39. The molecule has 3 aromatic carbocycles. The minimum Gasteiger partial charge on any atom is -0.504 e. The number of aliphatic carboxylic acids is 1. The Balaban J connectivity index is 0.000000180. The summed E-state index contributed by atoms with van der Waals surface area (Å²) in [6.45, 7) is 1.07. The number of fused-ring (bicyclic) bond motifs is 2. The van der Waals surface area contributed by atoms with Crippen LogP contribution < -0.4 is 0 Å². The number of carboxylic acid groups (broad SMARTS) is 1. The summed E-state index contributed by atoms with van der Waals surface area (Å²) in [5, 5.41) is 28.3. The Labute approximate surface area is 181 Å². The van der Waals surface area contributed by atoms with Gasteiger partial charge < -0.3 is 15.3 Å². The molecule has 0 saturated carbocycles. The van der Waals surface area contributed by atoms with Gasteiger partial charge in [0.15, 0.2) is 11.5 Å². The number of phenolic OH excluding ortho intramolecular Hbond substituents is 2. The lowest BCUT2D eigenvalue weighted by Crippen LogP contribution is -2.35. The van der Waals surface area contributed by atoms with Gasteiger partial charge in [0, 0.05) is 24.2 Å². The predicted molar refractivity (Wildman–Crippen MR) is 121 cm³/mol. The summed E-state index contributed by atoms with van der Waals surface area (Å²) in [5.41, 5.74) is 6.61. The molecule has 1 aliphatic carbocycles. The van der Waals surface area contributed by atoms with Crippen LogP contribution in [0.15, 0.2) is 66.7 Å². The van der Waals surface area contributed by atoms with Crippen LogP contribution in [0, 0.1) is 0 Å². The van der Waals surface area contributed by atoms with Crippen molar-refractivity contribution in [3.05, 3.63) is 89.0 Å². The van der Waals surface area contributed by atoms with Gasteiger partial charge in [-0.05, 0) is 59.8 Å². The molecule has 0 saturated heterocycles. The van der Waals surface area contributed by atoms with E-state index in [2.05, 4.69) is 30.1 Å². The van der Waals surface area contributed by atoms with Crippen molar-refractivity contribution < 1.29 is 20.1 Å². The molecule has 158 valence electrons. The van der Waals surface area contributed by atoms with E-state index in [1.807, 2.05) is 36.4 Å². The van der Waals surface area contributed by atoms with Gasteiger partial charge in [-0.1, -0.05) is 54.6 Å². The van der Waals surface area contributed by atoms with Crippen molar-refractivity contribution in [1.29, 1.82) is 0 Å². The van der Waals surface area contributed by atoms with E-state index in [4.69, 9.17) is 5.11 Å². The van der Waals surface area contributed by atoms with E-state index in [1.54, 1.807) is 12.1 Å². The number of carbonyl (C=O) groups is 1. The normalized spacial score (nSPS) is 16.7. The number of phenols is 2. The number of rotatable bonds is 2. The molecule has 2 aliphatic rings. The molecule has 0 fully saturated rings. The van der Waals surface area contributed by atoms with E-state index in [9.17, 15) is 15.0 Å². The Morgan fingerprint density at radius 1 is 1.00 bits per heavy atom. The minimum absolute atomic E-state index is 0.0163. The molecule has 0 bridgehead atoms. The van der Waals surface area contributed by atoms with Gasteiger partial charge in [-0.3, -0.25) is 4.90 Å². The summed E-state index contributed by atoms with van der Waals surface area (Å²) in [6.07, 6.45) is 4.62. The Morgan fingerprint density at radius 2 is 1.77 bits per heavy atom. The van der Waals surface area contributed by atoms with Gasteiger partial charge in [-0.25, -0.2) is 4.79 Å². The second kappa shape index (κ2) is 8.66. The average Bonchev–Trinajstić information content (AvgIpc) is 2.78. The summed E-state index contributed by atoms with van der Waals surface area (Å²) in [5.74, 6) is -0.944. The highest BCUT2D eigenvalue weighted by molar-refractivity contribution is 5.85. The van der Waals surface area contributed by atoms with E-state index in [0.29, 0.717) is 6.04 Å². The number of carboxylic acids is 1. The summed E-state index contributed by atoms with van der Waals surface area (Å²) in [4.78, 5) is 12.5. The first kappa shape index (κ1) is 20.7. The van der Waals surface area contributed by atoms with Gasteiger partial charge in [-0.2, -0.15) is 0 Å². The Hall–Kier alpha value is -3.57. The molecular weight excluding hydrogens is 390 g/mol. The van der Waals surface area contributed by atoms with Gasteiger partial charge >= 0.3 is 5.97 Å². The zero-order chi connectivity index (χ0) is 22.0. The molecule has 0 radical (unpaired) electrons. The molecule has 5 rings (SSSR count). The van der Waals surface area contributed by atoms with Crippen molar-refractivity contribution in [1.82, 2.24) is 4.90 Å². The first-order chi connectivity index (χ1) is 15.0. The van der Waals surface area contributed by atoms with E-state index in [1.165, 1.54) is 11.1 Å². The second-order valence-electron chi connectivity index (χ2n) is 7.88. The number of benzene rings is 3. The van der Waals surface area contributed by atoms with E-state index in [0.717, 1.165) is 47.7 Å². The van der Waals surface area contributed by atoms with Crippen LogP contribution in [0.4, 0.5) is 0 Å². The van der Waals surface area contributed by atoms with Gasteiger partial charge in [0.25, 0.3) is 0 Å². The number of likely N-dealkylation sites (N-methyl/N-ethyl adjacent to an activating group) is 1. The predicted octanol–water partition coefficient (Wildman–Crippen LogP) is 4.63. The highest BCUT2D eigenvalue weighted by Gasteiger charge is 2.34. The van der Waals surface area contributed by atoms with Crippen molar-refractivity contribution in [2.75, 3.05) is 13.6 Å². The molecule has 5 nitrogen and oxygen atoms in total. The van der Waals surface area contributed by atoms with Crippen LogP contribution in [0.2, 0.25) is 0 Å². The first-order valence-electron chi connectivity index (χ1n) is 10.3. The zero-order valence-corrected chi connectivity index (χ0v) is 17.3. The summed E-state index contributed by atoms with van der Waals surface area (Å²) >= 11 is 0. The van der Waals surface area contributed by atoms with Crippen LogP contribution >= 0.6 is 0 Å². The smallest absolute Gasteiger partial charge is 0.328 e. The van der Waals surface area contributed by atoms with Crippen LogP contribution in [0.3, 0.4) is 0 Å². The SMILES string of the molecule is CN1CCc2cccc3c2[C@H]1Cc1ccc(O)c(O)c1-3.O=C(O)/C=C/c1ccccc1. The largest absolute Gasteiger partial charge is 0.504 e. The third kappa shape index (κ3) is 4.18. The van der Waals surface area contributed by atoms with E-state index in [-0.39, 0.29) is 11.5 Å². The van der Waals surface area contributed by atoms with Crippen LogP contribution in [-0.4, -0.2) is 39.8 Å². The summed E-state index contributed by atoms with van der Waals surface area (Å²) in [6, 6.07) is 19.5. The number of nitrogens with zero attached hydrogens (tertiary/aromatic N) is 1. The van der Waals surface area contributed by atoms with Crippen LogP contribution in [0.25, 0.3) is 17.2 Å². The average molecular weight is 415 g/mol. The van der Waals surface area contributed by atoms with Gasteiger partial charge in [-0.15, -0.1) is 0 Å². The lowest BCUT2D eigenvalue weighted by atomic mass is 9.77. The monoisotopic (exact) mass is 415 g/mol.